The average Bonchev–Trinajstić information content (AvgIpc) is 3.44. The third-order valence-corrected chi connectivity index (χ3v) is 4.99. The van der Waals surface area contributed by atoms with Crippen molar-refractivity contribution in [3.63, 3.8) is 0 Å². The molecule has 1 saturated heterocycles. The molecule has 0 spiro atoms. The van der Waals surface area contributed by atoms with Gasteiger partial charge in [0.2, 0.25) is 0 Å². The zero-order valence-corrected chi connectivity index (χ0v) is 14.9. The predicted molar refractivity (Wildman–Crippen MR) is 95.9 cm³/mol. The standard InChI is InChI=1S/C18H20N6O3/c1-22-8-4-15(21-22)20-17(26)18(24-11-7-19-13-24)5-9-23(10-6-18)16(25)14-3-2-12-27-14/h2-4,7-8,11-13H,5-6,9-10H2,1H3,(H,20,21,26). The molecule has 1 fully saturated rings. The molecule has 4 rings (SSSR count). The van der Waals surface area contributed by atoms with Crippen LogP contribution in [0.4, 0.5) is 5.82 Å². The van der Waals surface area contributed by atoms with E-state index >= 15 is 0 Å². The Bertz CT molecular complexity index is 920. The number of hydrogen-bond acceptors (Lipinski definition) is 5. The number of nitrogens with zero attached hydrogens (tertiary/aromatic N) is 5. The number of anilines is 1. The number of likely N-dealkylation sites (tertiary alicyclic amines) is 1. The summed E-state index contributed by atoms with van der Waals surface area (Å²) in [6.45, 7) is 0.876. The molecule has 0 unspecified atom stereocenters. The van der Waals surface area contributed by atoms with Crippen molar-refractivity contribution in [1.29, 1.82) is 0 Å². The van der Waals surface area contributed by atoms with Crippen molar-refractivity contribution >= 4 is 17.6 Å². The van der Waals surface area contributed by atoms with E-state index in [9.17, 15) is 9.59 Å². The molecule has 0 aliphatic carbocycles. The van der Waals surface area contributed by atoms with Crippen molar-refractivity contribution in [2.24, 2.45) is 7.05 Å². The van der Waals surface area contributed by atoms with Gasteiger partial charge >= 0.3 is 0 Å². The van der Waals surface area contributed by atoms with Gasteiger partial charge in [-0.05, 0) is 25.0 Å². The smallest absolute Gasteiger partial charge is 0.289 e. The van der Waals surface area contributed by atoms with Gasteiger partial charge in [-0.15, -0.1) is 0 Å². The largest absolute Gasteiger partial charge is 0.459 e. The molecule has 9 heteroatoms. The van der Waals surface area contributed by atoms with Gasteiger partial charge in [0.05, 0.1) is 12.6 Å². The molecule has 2 amide bonds. The summed E-state index contributed by atoms with van der Waals surface area (Å²) in [5, 5.41) is 7.11. The van der Waals surface area contributed by atoms with Crippen LogP contribution in [0, 0.1) is 0 Å². The van der Waals surface area contributed by atoms with Crippen molar-refractivity contribution in [3.05, 3.63) is 55.1 Å². The van der Waals surface area contributed by atoms with Crippen LogP contribution in [0.5, 0.6) is 0 Å². The number of nitrogens with one attached hydrogen (secondary N) is 1. The molecule has 0 aromatic carbocycles. The van der Waals surface area contributed by atoms with Crippen molar-refractivity contribution < 1.29 is 14.0 Å². The summed E-state index contributed by atoms with van der Waals surface area (Å²) >= 11 is 0. The normalized spacial score (nSPS) is 16.3. The minimum Gasteiger partial charge on any atom is -0.459 e. The summed E-state index contributed by atoms with van der Waals surface area (Å²) in [4.78, 5) is 31.5. The maximum Gasteiger partial charge on any atom is 0.289 e. The Morgan fingerprint density at radius 3 is 2.63 bits per heavy atom. The summed E-state index contributed by atoms with van der Waals surface area (Å²) in [5.74, 6) is 0.479. The molecular weight excluding hydrogens is 348 g/mol. The SMILES string of the molecule is Cn1ccc(NC(=O)C2(n3ccnc3)CCN(C(=O)c3ccco3)CC2)n1. The van der Waals surface area contributed by atoms with Gasteiger partial charge in [-0.3, -0.25) is 14.3 Å². The van der Waals surface area contributed by atoms with E-state index < -0.39 is 5.54 Å². The van der Waals surface area contributed by atoms with Crippen LogP contribution in [0.2, 0.25) is 0 Å². The Kier molecular flexibility index (Phi) is 4.27. The van der Waals surface area contributed by atoms with E-state index in [1.165, 1.54) is 6.26 Å². The van der Waals surface area contributed by atoms with Crippen LogP contribution in [0.3, 0.4) is 0 Å². The number of piperidine rings is 1. The second-order valence-electron chi connectivity index (χ2n) is 6.60. The van der Waals surface area contributed by atoms with Gasteiger partial charge in [0.1, 0.15) is 5.54 Å². The van der Waals surface area contributed by atoms with E-state index in [2.05, 4.69) is 15.4 Å². The Morgan fingerprint density at radius 1 is 1.22 bits per heavy atom. The Morgan fingerprint density at radius 2 is 2.04 bits per heavy atom. The molecule has 1 aliphatic rings. The van der Waals surface area contributed by atoms with Gasteiger partial charge in [0.15, 0.2) is 11.6 Å². The first-order valence-corrected chi connectivity index (χ1v) is 8.71. The molecule has 0 atom stereocenters. The van der Waals surface area contributed by atoms with Crippen LogP contribution in [-0.2, 0) is 17.4 Å². The average molecular weight is 368 g/mol. The van der Waals surface area contributed by atoms with Crippen molar-refractivity contribution in [2.45, 2.75) is 18.4 Å². The second kappa shape index (κ2) is 6.75. The number of rotatable bonds is 4. The number of imidazole rings is 1. The lowest BCUT2D eigenvalue weighted by Gasteiger charge is -2.41. The van der Waals surface area contributed by atoms with Crippen molar-refractivity contribution in [3.8, 4) is 0 Å². The van der Waals surface area contributed by atoms with E-state index in [1.54, 1.807) is 59.7 Å². The predicted octanol–water partition coefficient (Wildman–Crippen LogP) is 1.48. The highest BCUT2D eigenvalue weighted by atomic mass is 16.3. The lowest BCUT2D eigenvalue weighted by molar-refractivity contribution is -0.126. The van der Waals surface area contributed by atoms with Gasteiger partial charge in [-0.2, -0.15) is 5.10 Å². The number of aryl methyl sites for hydroxylation is 1. The summed E-state index contributed by atoms with van der Waals surface area (Å²) in [6.07, 6.45) is 9.25. The van der Waals surface area contributed by atoms with Gasteiger partial charge in [-0.1, -0.05) is 0 Å². The second-order valence-corrected chi connectivity index (χ2v) is 6.60. The van der Waals surface area contributed by atoms with Gasteiger partial charge in [0.25, 0.3) is 11.8 Å². The third-order valence-electron chi connectivity index (χ3n) is 4.99. The zero-order valence-electron chi connectivity index (χ0n) is 14.9. The molecule has 1 N–H and O–H groups in total. The monoisotopic (exact) mass is 368 g/mol. The van der Waals surface area contributed by atoms with Crippen LogP contribution < -0.4 is 5.32 Å². The topological polar surface area (TPSA) is 98.2 Å². The lowest BCUT2D eigenvalue weighted by atomic mass is 9.86. The minimum atomic E-state index is -0.825. The fourth-order valence-electron chi connectivity index (χ4n) is 3.47. The summed E-state index contributed by atoms with van der Waals surface area (Å²) < 4.78 is 8.65. The molecule has 4 heterocycles. The zero-order chi connectivity index (χ0) is 18.9. The highest BCUT2D eigenvalue weighted by Gasteiger charge is 2.44. The lowest BCUT2D eigenvalue weighted by Crippen LogP contribution is -2.54. The number of carbonyl (C=O) groups is 2. The Labute approximate surface area is 155 Å². The maximum atomic E-state index is 13.2. The molecule has 9 nitrogen and oxygen atoms in total. The first-order chi connectivity index (χ1) is 13.1. The summed E-state index contributed by atoms with van der Waals surface area (Å²) in [7, 11) is 1.79. The van der Waals surface area contributed by atoms with Gasteiger partial charge < -0.3 is 19.2 Å². The molecule has 27 heavy (non-hydrogen) atoms. The molecular formula is C18H20N6O3. The van der Waals surface area contributed by atoms with Gasteiger partial charge in [0, 0.05) is 44.8 Å². The number of amides is 2. The van der Waals surface area contributed by atoms with E-state index in [-0.39, 0.29) is 11.8 Å². The fraction of sp³-hybridized carbons (Fsp3) is 0.333. The number of furan rings is 1. The van der Waals surface area contributed by atoms with Crippen LogP contribution in [0.1, 0.15) is 23.4 Å². The first-order valence-electron chi connectivity index (χ1n) is 8.71. The molecule has 140 valence electrons. The fourth-order valence-corrected chi connectivity index (χ4v) is 3.47. The molecule has 3 aromatic heterocycles. The van der Waals surface area contributed by atoms with Crippen LogP contribution in [0.15, 0.2) is 53.8 Å². The number of aromatic nitrogens is 4. The van der Waals surface area contributed by atoms with E-state index in [1.807, 2.05) is 4.57 Å². The van der Waals surface area contributed by atoms with E-state index in [0.717, 1.165) is 0 Å². The summed E-state index contributed by atoms with van der Waals surface area (Å²) in [5.41, 5.74) is -0.825. The van der Waals surface area contributed by atoms with Crippen molar-refractivity contribution in [1.82, 2.24) is 24.2 Å². The molecule has 0 bridgehead atoms. The summed E-state index contributed by atoms with van der Waals surface area (Å²) in [6, 6.07) is 5.08. The Balaban J connectivity index is 1.54. The quantitative estimate of drug-likeness (QED) is 0.752. The molecule has 0 radical (unpaired) electrons. The van der Waals surface area contributed by atoms with E-state index in [0.29, 0.717) is 37.5 Å². The number of carbonyl (C=O) groups excluding carboxylic acids is 2. The van der Waals surface area contributed by atoms with Crippen molar-refractivity contribution in [2.75, 3.05) is 18.4 Å². The molecule has 0 saturated carbocycles. The third kappa shape index (κ3) is 3.12. The Hall–Kier alpha value is -3.36. The molecule has 3 aromatic rings. The van der Waals surface area contributed by atoms with Crippen LogP contribution in [0.25, 0.3) is 0 Å². The van der Waals surface area contributed by atoms with Crippen LogP contribution >= 0.6 is 0 Å². The molecule has 1 aliphatic heterocycles. The van der Waals surface area contributed by atoms with Gasteiger partial charge in [-0.25, -0.2) is 4.98 Å². The number of hydrogen-bond donors (Lipinski definition) is 1. The minimum absolute atomic E-state index is 0.163. The highest BCUT2D eigenvalue weighted by molar-refractivity contribution is 5.96. The maximum absolute atomic E-state index is 13.2. The van der Waals surface area contributed by atoms with E-state index in [4.69, 9.17) is 4.42 Å². The van der Waals surface area contributed by atoms with Crippen LogP contribution in [-0.4, -0.2) is 49.1 Å². The highest BCUT2D eigenvalue weighted by Crippen LogP contribution is 2.32. The first kappa shape index (κ1) is 17.1.